The molecule has 12 nitrogen and oxygen atoms in total. The van der Waals surface area contributed by atoms with Gasteiger partial charge in [-0.1, -0.05) is 18.3 Å². The summed E-state index contributed by atoms with van der Waals surface area (Å²) < 4.78 is 66.3. The van der Waals surface area contributed by atoms with Crippen molar-refractivity contribution in [2.24, 2.45) is 0 Å². The van der Waals surface area contributed by atoms with Gasteiger partial charge in [0.25, 0.3) is 0 Å². The average Bonchev–Trinajstić information content (AvgIpc) is 3.86. The summed E-state index contributed by atoms with van der Waals surface area (Å²) in [5.74, 6) is -2.66. The van der Waals surface area contributed by atoms with Gasteiger partial charge in [-0.3, -0.25) is 9.59 Å². The Bertz CT molecular complexity index is 2910. The zero-order valence-corrected chi connectivity index (χ0v) is 32.5. The van der Waals surface area contributed by atoms with Crippen LogP contribution in [0.1, 0.15) is 32.7 Å². The van der Waals surface area contributed by atoms with Gasteiger partial charge in [-0.15, -0.1) is 10.2 Å². The van der Waals surface area contributed by atoms with Gasteiger partial charge < -0.3 is 29.2 Å². The van der Waals surface area contributed by atoms with Gasteiger partial charge >= 0.3 is 0 Å². The van der Waals surface area contributed by atoms with E-state index in [1.807, 2.05) is 21.3 Å². The van der Waals surface area contributed by atoms with Crippen LogP contribution in [0.25, 0.3) is 54.4 Å². The minimum atomic E-state index is -0.885. The summed E-state index contributed by atoms with van der Waals surface area (Å²) in [4.78, 5) is 35.0. The summed E-state index contributed by atoms with van der Waals surface area (Å²) in [6.07, 6.45) is 4.94. The molecule has 2 saturated heterocycles. The van der Waals surface area contributed by atoms with Crippen LogP contribution in [0.5, 0.6) is 0 Å². The number of fused-ring (bicyclic) bond motifs is 3. The number of aromatic nitrogens is 6. The number of benzene rings is 3. The first-order valence-corrected chi connectivity index (χ1v) is 20.3. The van der Waals surface area contributed by atoms with E-state index in [1.165, 1.54) is 33.5 Å². The van der Waals surface area contributed by atoms with Crippen molar-refractivity contribution in [3.63, 3.8) is 0 Å². The molecule has 2 aliphatic heterocycles. The Morgan fingerprint density at radius 1 is 0.776 bits per heavy atom. The van der Waals surface area contributed by atoms with E-state index in [0.717, 1.165) is 62.0 Å². The first-order chi connectivity index (χ1) is 28.1. The SMILES string of the molecule is CCN1CCN(c2cc3c(cc2F)c(=O)c(-c2nnc4sc(-c5cn(-c6ccc(F)cc6F)c6cc(N7CCNC(C)C7)c(F)cc6c5=O)nn24)cn3C2CC2)CC1. The maximum atomic E-state index is 16.0. The largest absolute Gasteiger partial charge is 0.367 e. The molecule has 4 aromatic heterocycles. The van der Waals surface area contributed by atoms with Crippen LogP contribution in [0.4, 0.5) is 28.9 Å². The summed E-state index contributed by atoms with van der Waals surface area (Å²) in [6.45, 7) is 9.70. The number of hydrogen-bond acceptors (Lipinski definition) is 10. The molecule has 1 N–H and O–H groups in total. The molecule has 3 aromatic carbocycles. The van der Waals surface area contributed by atoms with Crippen LogP contribution >= 0.6 is 11.3 Å². The Morgan fingerprint density at radius 2 is 1.47 bits per heavy atom. The van der Waals surface area contributed by atoms with E-state index in [0.29, 0.717) is 43.9 Å². The van der Waals surface area contributed by atoms with Crippen LogP contribution in [-0.4, -0.2) is 92.2 Å². The number of pyridine rings is 2. The number of anilines is 2. The second-order valence-corrected chi connectivity index (χ2v) is 16.3. The van der Waals surface area contributed by atoms with E-state index in [1.54, 1.807) is 12.3 Å². The fourth-order valence-electron chi connectivity index (χ4n) is 8.37. The number of hydrogen-bond donors (Lipinski definition) is 1. The normalized spacial score (nSPS) is 18.0. The molecule has 6 heterocycles. The lowest BCUT2D eigenvalue weighted by Gasteiger charge is -2.35. The third kappa shape index (κ3) is 6.14. The number of nitrogens with zero attached hydrogens (tertiary/aromatic N) is 9. The molecule has 1 atom stereocenters. The van der Waals surface area contributed by atoms with Crippen LogP contribution in [-0.2, 0) is 0 Å². The van der Waals surface area contributed by atoms with Crippen LogP contribution in [0.3, 0.4) is 0 Å². The highest BCUT2D eigenvalue weighted by atomic mass is 32.1. The predicted octanol–water partition coefficient (Wildman–Crippen LogP) is 5.97. The number of likely N-dealkylation sites (N-methyl/N-ethyl adjacent to an activating group) is 1. The minimum absolute atomic E-state index is 0.00360. The first-order valence-electron chi connectivity index (χ1n) is 19.5. The maximum Gasteiger partial charge on any atom is 0.235 e. The average molecular weight is 811 g/mol. The molecule has 298 valence electrons. The molecule has 17 heteroatoms. The molecule has 58 heavy (non-hydrogen) atoms. The molecule has 3 aliphatic rings. The molecule has 0 bridgehead atoms. The summed E-state index contributed by atoms with van der Waals surface area (Å²) >= 11 is 1.01. The van der Waals surface area contributed by atoms with E-state index in [9.17, 15) is 14.0 Å². The predicted molar refractivity (Wildman–Crippen MR) is 217 cm³/mol. The Labute approximate surface area is 332 Å². The number of rotatable bonds is 7. The standard InChI is InChI=1S/C41H38F4N10O2S/c1-3-50-10-12-51(13-11-50)35-17-33-25(15-30(35)44)37(56)27(20-53(33)24-5-6-24)39-47-48-41-55(39)49-40(58-41)28-21-54(32-7-4-23(42)14-29(32)43)34-18-36(31(45)16-26(34)38(28)57)52-9-8-46-22(2)19-52/h4,7,14-18,20-22,24,46H,3,5-6,8-13,19H2,1-2H3. The van der Waals surface area contributed by atoms with Gasteiger partial charge in [0.05, 0.1) is 39.2 Å². The Morgan fingerprint density at radius 3 is 2.17 bits per heavy atom. The Kier molecular flexibility index (Phi) is 8.87. The molecule has 0 spiro atoms. The minimum Gasteiger partial charge on any atom is -0.367 e. The smallest absolute Gasteiger partial charge is 0.235 e. The van der Waals surface area contributed by atoms with Gasteiger partial charge in [-0.25, -0.2) is 17.6 Å². The monoisotopic (exact) mass is 810 g/mol. The highest BCUT2D eigenvalue weighted by molar-refractivity contribution is 7.19. The zero-order valence-electron chi connectivity index (χ0n) is 31.7. The molecule has 3 fully saturated rings. The highest BCUT2D eigenvalue weighted by Gasteiger charge is 2.30. The van der Waals surface area contributed by atoms with Crippen molar-refractivity contribution in [2.75, 3.05) is 62.2 Å². The number of halogens is 4. The zero-order chi connectivity index (χ0) is 40.0. The summed E-state index contributed by atoms with van der Waals surface area (Å²) in [5.41, 5.74) is 0.680. The number of nitrogens with one attached hydrogen (secondary N) is 1. The summed E-state index contributed by atoms with van der Waals surface area (Å²) in [7, 11) is 0. The molecule has 10 rings (SSSR count). The van der Waals surface area contributed by atoms with Gasteiger partial charge in [0.1, 0.15) is 23.3 Å². The van der Waals surface area contributed by atoms with Crippen LogP contribution in [0.2, 0.25) is 0 Å². The molecule has 1 unspecified atom stereocenters. The number of piperazine rings is 2. The molecular weight excluding hydrogens is 773 g/mol. The second kappa shape index (κ2) is 14.0. The fraction of sp³-hybridized carbons (Fsp3) is 0.341. The molecule has 0 amide bonds. The van der Waals surface area contributed by atoms with Gasteiger partial charge in [-0.05, 0) is 62.7 Å². The van der Waals surface area contributed by atoms with Crippen LogP contribution < -0.4 is 26.0 Å². The topological polar surface area (TPSA) is 109 Å². The van der Waals surface area contributed by atoms with Crippen molar-refractivity contribution in [1.82, 2.24) is 39.2 Å². The van der Waals surface area contributed by atoms with E-state index in [4.69, 9.17) is 5.10 Å². The molecule has 0 radical (unpaired) electrons. The van der Waals surface area contributed by atoms with Gasteiger partial charge in [0.15, 0.2) is 16.3 Å². The van der Waals surface area contributed by atoms with Crippen molar-refractivity contribution < 1.29 is 17.6 Å². The Hall–Kier alpha value is -5.65. The summed E-state index contributed by atoms with van der Waals surface area (Å²) in [5, 5.41) is 17.0. The lowest BCUT2D eigenvalue weighted by atomic mass is 10.1. The lowest BCUT2D eigenvalue weighted by molar-refractivity contribution is 0.270. The van der Waals surface area contributed by atoms with Crippen molar-refractivity contribution in [1.29, 1.82) is 0 Å². The quantitative estimate of drug-likeness (QED) is 0.195. The van der Waals surface area contributed by atoms with Crippen molar-refractivity contribution >= 4 is 49.5 Å². The van der Waals surface area contributed by atoms with Crippen molar-refractivity contribution in [3.05, 3.63) is 98.6 Å². The fourth-order valence-corrected chi connectivity index (χ4v) is 9.22. The van der Waals surface area contributed by atoms with Crippen LogP contribution in [0, 0.1) is 23.3 Å². The lowest BCUT2D eigenvalue weighted by Crippen LogP contribution is -2.49. The molecule has 1 saturated carbocycles. The third-order valence-corrected chi connectivity index (χ3v) is 12.5. The van der Waals surface area contributed by atoms with Crippen LogP contribution in [0.15, 0.2) is 64.4 Å². The van der Waals surface area contributed by atoms with Crippen molar-refractivity contribution in [2.45, 2.75) is 38.8 Å². The van der Waals surface area contributed by atoms with Gasteiger partial charge in [0.2, 0.25) is 10.4 Å². The third-order valence-electron chi connectivity index (χ3n) is 11.6. The van der Waals surface area contributed by atoms with E-state index >= 15 is 13.2 Å². The molecule has 1 aliphatic carbocycles. The highest BCUT2D eigenvalue weighted by Crippen LogP contribution is 2.40. The summed E-state index contributed by atoms with van der Waals surface area (Å²) in [6, 6.07) is 9.08. The van der Waals surface area contributed by atoms with Crippen molar-refractivity contribution in [3.8, 4) is 27.6 Å². The maximum absolute atomic E-state index is 16.0. The molecule has 7 aromatic rings. The Balaban J connectivity index is 1.11. The van der Waals surface area contributed by atoms with E-state index < -0.39 is 34.1 Å². The van der Waals surface area contributed by atoms with Gasteiger partial charge in [0, 0.05) is 87.1 Å². The second-order valence-electron chi connectivity index (χ2n) is 15.3. The van der Waals surface area contributed by atoms with E-state index in [2.05, 4.69) is 27.3 Å². The first kappa shape index (κ1) is 36.7. The molecular formula is C41H38F4N10O2S. The van der Waals surface area contributed by atoms with Gasteiger partial charge in [-0.2, -0.15) is 9.61 Å². The van der Waals surface area contributed by atoms with E-state index in [-0.39, 0.29) is 66.7 Å².